The van der Waals surface area contributed by atoms with Crippen molar-refractivity contribution in [2.24, 2.45) is 5.73 Å². The standard InChI is InChI=1S/C23H26N2O7.C5H12O/c1-16(27)31-10-11-32-19-6-7-20(22(29)13-19)21(28)12-17-4-2-3-5-18(17)15-25(8-9-26)23(30)14-24;1-3-5-6-4-2/h2-7,9,13,29H,8,10-12,14-15,24H2,1H3;3-5H2,1-2H3. The summed E-state index contributed by atoms with van der Waals surface area (Å²) in [5, 5.41) is 10.3. The minimum Gasteiger partial charge on any atom is -0.507 e. The van der Waals surface area contributed by atoms with Gasteiger partial charge in [0.25, 0.3) is 0 Å². The van der Waals surface area contributed by atoms with Gasteiger partial charge < -0.3 is 34.7 Å². The number of aromatic hydroxyl groups is 1. The molecule has 38 heavy (non-hydrogen) atoms. The highest BCUT2D eigenvalue weighted by molar-refractivity contribution is 6.00. The summed E-state index contributed by atoms with van der Waals surface area (Å²) >= 11 is 0. The predicted octanol–water partition coefficient (Wildman–Crippen LogP) is 2.68. The summed E-state index contributed by atoms with van der Waals surface area (Å²) in [6.45, 7) is 7.17. The van der Waals surface area contributed by atoms with Crippen molar-refractivity contribution in [1.82, 2.24) is 4.90 Å². The van der Waals surface area contributed by atoms with Crippen LogP contribution in [0.15, 0.2) is 42.5 Å². The molecule has 0 heterocycles. The number of phenolic OH excluding ortho intramolecular Hbond substituents is 1. The molecule has 2 aromatic carbocycles. The number of carbonyl (C=O) groups is 4. The Hall–Kier alpha value is -3.76. The molecule has 0 fully saturated rings. The molecule has 0 aliphatic heterocycles. The van der Waals surface area contributed by atoms with Crippen LogP contribution in [0.5, 0.6) is 11.5 Å². The molecule has 0 saturated heterocycles. The Morgan fingerprint density at radius 1 is 1.03 bits per heavy atom. The Kier molecular flexibility index (Phi) is 15.7. The van der Waals surface area contributed by atoms with E-state index in [4.69, 9.17) is 19.9 Å². The maximum Gasteiger partial charge on any atom is 0.302 e. The van der Waals surface area contributed by atoms with Crippen molar-refractivity contribution in [2.45, 2.75) is 40.2 Å². The smallest absolute Gasteiger partial charge is 0.302 e. The largest absolute Gasteiger partial charge is 0.507 e. The highest BCUT2D eigenvalue weighted by atomic mass is 16.6. The summed E-state index contributed by atoms with van der Waals surface area (Å²) in [6.07, 6.45) is 1.74. The number of phenols is 1. The predicted molar refractivity (Wildman–Crippen MR) is 142 cm³/mol. The van der Waals surface area contributed by atoms with Gasteiger partial charge in [-0.1, -0.05) is 31.2 Å². The molecule has 0 radical (unpaired) electrons. The number of hydrogen-bond acceptors (Lipinski definition) is 9. The third kappa shape index (κ3) is 12.0. The number of Topliss-reactive ketones (excluding diaryl/α,β-unsaturated/α-hetero) is 1. The molecule has 0 aromatic heterocycles. The van der Waals surface area contributed by atoms with Gasteiger partial charge in [0.2, 0.25) is 5.91 Å². The number of nitrogens with two attached hydrogens (primary N) is 1. The van der Waals surface area contributed by atoms with Crippen LogP contribution in [0.1, 0.15) is 48.7 Å². The first-order chi connectivity index (χ1) is 18.3. The maximum atomic E-state index is 12.8. The van der Waals surface area contributed by atoms with Gasteiger partial charge in [-0.15, -0.1) is 0 Å². The van der Waals surface area contributed by atoms with Gasteiger partial charge >= 0.3 is 5.97 Å². The lowest BCUT2D eigenvalue weighted by Crippen LogP contribution is -2.37. The van der Waals surface area contributed by atoms with E-state index in [0.29, 0.717) is 23.2 Å². The van der Waals surface area contributed by atoms with Crippen molar-refractivity contribution < 1.29 is 38.5 Å². The van der Waals surface area contributed by atoms with Gasteiger partial charge in [0, 0.05) is 39.2 Å². The van der Waals surface area contributed by atoms with E-state index in [0.717, 1.165) is 19.6 Å². The number of amides is 1. The molecule has 0 aliphatic carbocycles. The molecule has 10 nitrogen and oxygen atoms in total. The molecular weight excluding hydrogens is 492 g/mol. The molecule has 2 rings (SSSR count). The van der Waals surface area contributed by atoms with Gasteiger partial charge in [-0.2, -0.15) is 0 Å². The number of aldehydes is 1. The minimum absolute atomic E-state index is 0.0118. The number of rotatable bonds is 15. The fraction of sp³-hybridized carbons (Fsp3) is 0.429. The van der Waals surface area contributed by atoms with Crippen molar-refractivity contribution in [3.63, 3.8) is 0 Å². The molecule has 0 atom stereocenters. The zero-order valence-corrected chi connectivity index (χ0v) is 22.3. The van der Waals surface area contributed by atoms with Crippen LogP contribution in [0, 0.1) is 0 Å². The molecule has 2 aromatic rings. The Morgan fingerprint density at radius 3 is 2.29 bits per heavy atom. The molecule has 0 unspecified atom stereocenters. The maximum absolute atomic E-state index is 12.8. The van der Waals surface area contributed by atoms with Gasteiger partial charge in [0.1, 0.15) is 31.0 Å². The van der Waals surface area contributed by atoms with Crippen molar-refractivity contribution in [3.05, 3.63) is 59.2 Å². The fourth-order valence-corrected chi connectivity index (χ4v) is 3.30. The number of hydrogen-bond donors (Lipinski definition) is 2. The highest BCUT2D eigenvalue weighted by Crippen LogP contribution is 2.25. The summed E-state index contributed by atoms with van der Waals surface area (Å²) in [6, 6.07) is 11.4. The van der Waals surface area contributed by atoms with Crippen molar-refractivity contribution in [3.8, 4) is 11.5 Å². The lowest BCUT2D eigenvalue weighted by molar-refractivity contribution is -0.141. The molecular formula is C28H38N2O8. The monoisotopic (exact) mass is 530 g/mol. The number of ketones is 1. The van der Waals surface area contributed by atoms with Crippen molar-refractivity contribution in [1.29, 1.82) is 0 Å². The molecule has 0 aliphatic rings. The van der Waals surface area contributed by atoms with Gasteiger partial charge in [0.15, 0.2) is 5.78 Å². The van der Waals surface area contributed by atoms with Crippen LogP contribution >= 0.6 is 0 Å². The molecule has 0 bridgehead atoms. The van der Waals surface area contributed by atoms with E-state index in [1.54, 1.807) is 30.3 Å². The molecule has 208 valence electrons. The third-order valence-electron chi connectivity index (χ3n) is 5.13. The van der Waals surface area contributed by atoms with Crippen molar-refractivity contribution in [2.75, 3.05) is 39.5 Å². The SMILES string of the molecule is CC(=O)OCCOc1ccc(C(=O)Cc2ccccc2CN(CC=O)C(=O)CN)c(O)c1.CCCOCC. The fourth-order valence-electron chi connectivity index (χ4n) is 3.30. The van der Waals surface area contributed by atoms with Gasteiger partial charge in [-0.05, 0) is 36.6 Å². The van der Waals surface area contributed by atoms with Gasteiger partial charge in [0.05, 0.1) is 18.7 Å². The van der Waals surface area contributed by atoms with Crippen LogP contribution in [0.2, 0.25) is 0 Å². The summed E-state index contributed by atoms with van der Waals surface area (Å²) in [4.78, 5) is 47.8. The van der Waals surface area contributed by atoms with Crippen LogP contribution in [0.4, 0.5) is 0 Å². The highest BCUT2D eigenvalue weighted by Gasteiger charge is 2.17. The van der Waals surface area contributed by atoms with E-state index in [1.807, 2.05) is 6.92 Å². The topological polar surface area (TPSA) is 145 Å². The van der Waals surface area contributed by atoms with E-state index in [9.17, 15) is 24.3 Å². The number of benzene rings is 2. The number of carbonyl (C=O) groups excluding carboxylic acids is 4. The first-order valence-electron chi connectivity index (χ1n) is 12.5. The number of esters is 1. The lowest BCUT2D eigenvalue weighted by atomic mass is 9.98. The second-order valence-electron chi connectivity index (χ2n) is 8.08. The Balaban J connectivity index is 0.00000107. The third-order valence-corrected chi connectivity index (χ3v) is 5.13. The second-order valence-corrected chi connectivity index (χ2v) is 8.08. The normalized spacial score (nSPS) is 10.1. The first-order valence-corrected chi connectivity index (χ1v) is 12.5. The van der Waals surface area contributed by atoms with Gasteiger partial charge in [-0.25, -0.2) is 0 Å². The van der Waals surface area contributed by atoms with E-state index in [1.165, 1.54) is 24.0 Å². The average Bonchev–Trinajstić information content (AvgIpc) is 2.90. The molecule has 0 saturated carbocycles. The van der Waals surface area contributed by atoms with E-state index < -0.39 is 5.97 Å². The van der Waals surface area contributed by atoms with Crippen LogP contribution in [-0.2, 0) is 36.8 Å². The van der Waals surface area contributed by atoms with E-state index in [-0.39, 0.29) is 62.3 Å². The minimum atomic E-state index is -0.417. The van der Waals surface area contributed by atoms with Crippen LogP contribution in [0.3, 0.4) is 0 Å². The first kappa shape index (κ1) is 32.3. The molecule has 3 N–H and O–H groups in total. The Bertz CT molecular complexity index is 1040. The van der Waals surface area contributed by atoms with E-state index in [2.05, 4.69) is 6.92 Å². The summed E-state index contributed by atoms with van der Waals surface area (Å²) in [5.41, 5.74) is 6.90. The molecule has 10 heteroatoms. The second kappa shape index (κ2) is 18.5. The average molecular weight is 531 g/mol. The lowest BCUT2D eigenvalue weighted by Gasteiger charge is -2.21. The molecule has 0 spiro atoms. The zero-order valence-electron chi connectivity index (χ0n) is 22.3. The molecule has 1 amide bonds. The summed E-state index contributed by atoms with van der Waals surface area (Å²) < 4.78 is 15.1. The van der Waals surface area contributed by atoms with E-state index >= 15 is 0 Å². The summed E-state index contributed by atoms with van der Waals surface area (Å²) in [7, 11) is 0. The Labute approximate surface area is 223 Å². The number of ether oxygens (including phenoxy) is 3. The number of nitrogens with zero attached hydrogens (tertiary/aromatic N) is 1. The van der Waals surface area contributed by atoms with Crippen LogP contribution in [0.25, 0.3) is 0 Å². The zero-order chi connectivity index (χ0) is 28.3. The van der Waals surface area contributed by atoms with Gasteiger partial charge in [-0.3, -0.25) is 14.4 Å². The van der Waals surface area contributed by atoms with Crippen LogP contribution in [-0.4, -0.2) is 73.5 Å². The quantitative estimate of drug-likeness (QED) is 0.154. The van der Waals surface area contributed by atoms with Crippen LogP contribution < -0.4 is 10.5 Å². The Morgan fingerprint density at radius 2 is 1.74 bits per heavy atom. The van der Waals surface area contributed by atoms with Crippen molar-refractivity contribution >= 4 is 23.9 Å². The summed E-state index contributed by atoms with van der Waals surface area (Å²) in [5.74, 6) is -1.03.